The molecule has 0 radical (unpaired) electrons. The Kier molecular flexibility index (Phi) is 3.25. The van der Waals surface area contributed by atoms with E-state index < -0.39 is 0 Å². The summed E-state index contributed by atoms with van der Waals surface area (Å²) in [5.41, 5.74) is 7.44. The van der Waals surface area contributed by atoms with Gasteiger partial charge < -0.3 is 15.2 Å². The van der Waals surface area contributed by atoms with Crippen LogP contribution < -0.4 is 15.2 Å². The van der Waals surface area contributed by atoms with E-state index in [0.29, 0.717) is 11.9 Å². The van der Waals surface area contributed by atoms with Gasteiger partial charge in [0.05, 0.1) is 12.8 Å². The Morgan fingerprint density at radius 3 is 2.74 bits per heavy atom. The van der Waals surface area contributed by atoms with Gasteiger partial charge in [-0.25, -0.2) is 0 Å². The van der Waals surface area contributed by atoms with Crippen LogP contribution in [0.1, 0.15) is 0 Å². The highest BCUT2D eigenvalue weighted by atomic mass is 32.2. The molecule has 0 atom stereocenters. The monoisotopic (exact) mass is 277 g/mol. The SMILES string of the molecule is COc1cc(-c2cc(N)n[nH]2)ccc1OC1CSC1. The van der Waals surface area contributed by atoms with Crippen LogP contribution in [0.15, 0.2) is 24.3 Å². The number of nitrogens with two attached hydrogens (primary N) is 1. The van der Waals surface area contributed by atoms with Crippen molar-refractivity contribution in [2.45, 2.75) is 6.10 Å². The molecule has 0 saturated carbocycles. The Morgan fingerprint density at radius 1 is 1.32 bits per heavy atom. The van der Waals surface area contributed by atoms with Crippen molar-refractivity contribution in [2.75, 3.05) is 24.3 Å². The zero-order chi connectivity index (χ0) is 13.2. The van der Waals surface area contributed by atoms with E-state index in [1.807, 2.05) is 30.0 Å². The second-order valence-electron chi connectivity index (χ2n) is 4.35. The van der Waals surface area contributed by atoms with Crippen LogP contribution in [0.25, 0.3) is 11.3 Å². The molecule has 19 heavy (non-hydrogen) atoms. The molecule has 100 valence electrons. The van der Waals surface area contributed by atoms with E-state index in [2.05, 4.69) is 10.2 Å². The lowest BCUT2D eigenvalue weighted by Crippen LogP contribution is -2.31. The summed E-state index contributed by atoms with van der Waals surface area (Å²) >= 11 is 1.89. The second-order valence-corrected chi connectivity index (χ2v) is 5.42. The number of benzene rings is 1. The fourth-order valence-electron chi connectivity index (χ4n) is 1.88. The van der Waals surface area contributed by atoms with Gasteiger partial charge in [0.1, 0.15) is 11.9 Å². The molecule has 3 N–H and O–H groups in total. The van der Waals surface area contributed by atoms with Crippen molar-refractivity contribution < 1.29 is 9.47 Å². The predicted octanol–water partition coefficient (Wildman–Crippen LogP) is 2.16. The molecule has 1 aliphatic heterocycles. The van der Waals surface area contributed by atoms with E-state index >= 15 is 0 Å². The van der Waals surface area contributed by atoms with Crippen molar-refractivity contribution in [3.63, 3.8) is 0 Å². The lowest BCUT2D eigenvalue weighted by atomic mass is 10.1. The number of nitrogens with one attached hydrogen (secondary N) is 1. The van der Waals surface area contributed by atoms with Crippen molar-refractivity contribution in [1.29, 1.82) is 0 Å². The number of thioether (sulfide) groups is 1. The Balaban J connectivity index is 1.87. The number of methoxy groups -OCH3 is 1. The zero-order valence-electron chi connectivity index (χ0n) is 10.6. The summed E-state index contributed by atoms with van der Waals surface area (Å²) in [6.07, 6.45) is 0.299. The number of aromatic amines is 1. The Labute approximate surface area is 115 Å². The summed E-state index contributed by atoms with van der Waals surface area (Å²) in [7, 11) is 1.64. The maximum Gasteiger partial charge on any atom is 0.161 e. The summed E-state index contributed by atoms with van der Waals surface area (Å²) < 4.78 is 11.3. The summed E-state index contributed by atoms with van der Waals surface area (Å²) in [4.78, 5) is 0. The van der Waals surface area contributed by atoms with Gasteiger partial charge in [-0.3, -0.25) is 5.10 Å². The molecule has 1 aromatic carbocycles. The Morgan fingerprint density at radius 2 is 2.16 bits per heavy atom. The third kappa shape index (κ3) is 2.49. The molecule has 1 fully saturated rings. The van der Waals surface area contributed by atoms with Gasteiger partial charge in [-0.2, -0.15) is 16.9 Å². The number of nitrogens with zero attached hydrogens (tertiary/aromatic N) is 1. The average molecular weight is 277 g/mol. The number of nitrogen functional groups attached to an aromatic ring is 1. The van der Waals surface area contributed by atoms with Crippen LogP contribution in [0, 0.1) is 0 Å². The first-order valence-electron chi connectivity index (χ1n) is 6.00. The smallest absolute Gasteiger partial charge is 0.161 e. The molecule has 5 nitrogen and oxygen atoms in total. The number of ether oxygens (including phenoxy) is 2. The van der Waals surface area contributed by atoms with Gasteiger partial charge in [-0.05, 0) is 18.2 Å². The maximum absolute atomic E-state index is 5.87. The molecule has 1 aromatic heterocycles. The van der Waals surface area contributed by atoms with Gasteiger partial charge in [-0.15, -0.1) is 0 Å². The molecule has 1 saturated heterocycles. The zero-order valence-corrected chi connectivity index (χ0v) is 11.4. The minimum absolute atomic E-state index is 0.299. The standard InChI is InChI=1S/C13H15N3O2S/c1-17-12-4-8(10-5-13(14)16-15-10)2-3-11(12)18-9-6-19-7-9/h2-5,9H,6-7H2,1H3,(H3,14,15,16). The van der Waals surface area contributed by atoms with Crippen molar-refractivity contribution in [1.82, 2.24) is 10.2 Å². The molecule has 1 aliphatic rings. The first-order valence-corrected chi connectivity index (χ1v) is 7.15. The van der Waals surface area contributed by atoms with Gasteiger partial charge in [-0.1, -0.05) is 0 Å². The highest BCUT2D eigenvalue weighted by Gasteiger charge is 2.21. The van der Waals surface area contributed by atoms with Gasteiger partial charge >= 0.3 is 0 Å². The largest absolute Gasteiger partial charge is 0.493 e. The number of hydrogen-bond donors (Lipinski definition) is 2. The Bertz CT molecular complexity index is 581. The number of rotatable bonds is 4. The number of H-pyrrole nitrogens is 1. The maximum atomic E-state index is 5.87. The fourth-order valence-corrected chi connectivity index (χ4v) is 2.44. The number of aromatic nitrogens is 2. The predicted molar refractivity (Wildman–Crippen MR) is 76.7 cm³/mol. The van der Waals surface area contributed by atoms with Crippen LogP contribution >= 0.6 is 11.8 Å². The normalized spacial score (nSPS) is 15.0. The van der Waals surface area contributed by atoms with Crippen LogP contribution in [0.5, 0.6) is 11.5 Å². The Hall–Kier alpha value is -1.82. The summed E-state index contributed by atoms with van der Waals surface area (Å²) in [6, 6.07) is 7.61. The third-order valence-corrected chi connectivity index (χ3v) is 4.19. The second kappa shape index (κ2) is 5.05. The minimum atomic E-state index is 0.299. The van der Waals surface area contributed by atoms with E-state index in [1.165, 1.54) is 0 Å². The van der Waals surface area contributed by atoms with Crippen LogP contribution in [-0.2, 0) is 0 Å². The number of anilines is 1. The molecule has 3 rings (SSSR count). The van der Waals surface area contributed by atoms with Crippen molar-refractivity contribution in [3.05, 3.63) is 24.3 Å². The van der Waals surface area contributed by atoms with Crippen molar-refractivity contribution in [3.8, 4) is 22.8 Å². The molecular weight excluding hydrogens is 262 g/mol. The molecule has 0 spiro atoms. The van der Waals surface area contributed by atoms with E-state index in [4.69, 9.17) is 15.2 Å². The topological polar surface area (TPSA) is 73.2 Å². The molecule has 2 heterocycles. The van der Waals surface area contributed by atoms with Gasteiger partial charge in [0.15, 0.2) is 11.5 Å². The summed E-state index contributed by atoms with van der Waals surface area (Å²) in [5.74, 6) is 4.07. The average Bonchev–Trinajstić information content (AvgIpc) is 2.80. The van der Waals surface area contributed by atoms with Gasteiger partial charge in [0.2, 0.25) is 0 Å². The first-order chi connectivity index (χ1) is 9.26. The molecule has 0 bridgehead atoms. The van der Waals surface area contributed by atoms with E-state index in [-0.39, 0.29) is 0 Å². The molecule has 6 heteroatoms. The quantitative estimate of drug-likeness (QED) is 0.896. The van der Waals surface area contributed by atoms with E-state index in [1.54, 1.807) is 13.2 Å². The molecule has 0 amide bonds. The molecule has 2 aromatic rings. The highest BCUT2D eigenvalue weighted by Crippen LogP contribution is 2.34. The summed E-state index contributed by atoms with van der Waals surface area (Å²) in [6.45, 7) is 0. The lowest BCUT2D eigenvalue weighted by molar-refractivity contribution is 0.228. The highest BCUT2D eigenvalue weighted by molar-refractivity contribution is 8.00. The van der Waals surface area contributed by atoms with E-state index in [9.17, 15) is 0 Å². The van der Waals surface area contributed by atoms with Crippen LogP contribution in [0.2, 0.25) is 0 Å². The first kappa shape index (κ1) is 12.2. The van der Waals surface area contributed by atoms with E-state index in [0.717, 1.165) is 34.3 Å². The minimum Gasteiger partial charge on any atom is -0.493 e. The molecular formula is C13H15N3O2S. The summed E-state index contributed by atoms with van der Waals surface area (Å²) in [5, 5.41) is 6.80. The van der Waals surface area contributed by atoms with Crippen LogP contribution in [0.4, 0.5) is 5.82 Å². The van der Waals surface area contributed by atoms with Gasteiger partial charge in [0, 0.05) is 23.1 Å². The van der Waals surface area contributed by atoms with Gasteiger partial charge in [0.25, 0.3) is 0 Å². The van der Waals surface area contributed by atoms with Crippen LogP contribution in [0.3, 0.4) is 0 Å². The van der Waals surface area contributed by atoms with Crippen molar-refractivity contribution in [2.24, 2.45) is 0 Å². The van der Waals surface area contributed by atoms with Crippen molar-refractivity contribution >= 4 is 17.6 Å². The molecule has 0 unspecified atom stereocenters. The lowest BCUT2D eigenvalue weighted by Gasteiger charge is -2.26. The molecule has 0 aliphatic carbocycles. The number of hydrogen-bond acceptors (Lipinski definition) is 5. The fraction of sp³-hybridized carbons (Fsp3) is 0.308. The van der Waals surface area contributed by atoms with Crippen LogP contribution in [-0.4, -0.2) is 34.9 Å². The third-order valence-electron chi connectivity index (χ3n) is 2.97.